The van der Waals surface area contributed by atoms with Gasteiger partial charge in [0.05, 0.1) is 17.8 Å². The van der Waals surface area contributed by atoms with Crippen molar-refractivity contribution >= 4 is 40.5 Å². The lowest BCUT2D eigenvalue weighted by atomic mass is 9.79. The molecule has 3 aromatic rings. The first kappa shape index (κ1) is 32.0. The van der Waals surface area contributed by atoms with Gasteiger partial charge in [0.2, 0.25) is 5.91 Å². The van der Waals surface area contributed by atoms with Crippen molar-refractivity contribution in [2.24, 2.45) is 17.3 Å². The summed E-state index contributed by atoms with van der Waals surface area (Å²) in [5.41, 5.74) is 4.39. The van der Waals surface area contributed by atoms with Gasteiger partial charge in [0.1, 0.15) is 24.0 Å². The molecule has 4 heterocycles. The van der Waals surface area contributed by atoms with Crippen molar-refractivity contribution in [3.63, 3.8) is 0 Å². The lowest BCUT2D eigenvalue weighted by Crippen LogP contribution is -2.61. The summed E-state index contributed by atoms with van der Waals surface area (Å²) in [5.74, 6) is -2.18. The van der Waals surface area contributed by atoms with Gasteiger partial charge in [-0.2, -0.15) is 5.10 Å². The van der Waals surface area contributed by atoms with E-state index in [2.05, 4.69) is 15.8 Å². The highest BCUT2D eigenvalue weighted by Crippen LogP contribution is 2.28. The first-order valence-corrected chi connectivity index (χ1v) is 15.6. The van der Waals surface area contributed by atoms with E-state index in [4.69, 9.17) is 9.72 Å². The van der Waals surface area contributed by atoms with Crippen LogP contribution in [0.25, 0.3) is 17.0 Å². The largest absolute Gasteiger partial charge is 0.455 e. The molecule has 0 saturated carbocycles. The number of carbonyl (C=O) groups is 4. The molecule has 0 radical (unpaired) electrons. The molecule has 0 aliphatic carbocycles. The number of pyridine rings is 1. The van der Waals surface area contributed by atoms with Gasteiger partial charge in [0.15, 0.2) is 0 Å². The van der Waals surface area contributed by atoms with Gasteiger partial charge in [-0.1, -0.05) is 44.2 Å². The number of hydrogen-bond donors (Lipinski definition) is 2. The second kappa shape index (κ2) is 13.3. The molecule has 0 spiro atoms. The third-order valence-corrected chi connectivity index (χ3v) is 8.69. The summed E-state index contributed by atoms with van der Waals surface area (Å²) in [6.07, 6.45) is 7.49. The minimum absolute atomic E-state index is 0.0138. The summed E-state index contributed by atoms with van der Waals surface area (Å²) in [7, 11) is 0. The summed E-state index contributed by atoms with van der Waals surface area (Å²) < 4.78 is 7.40. The zero-order valence-corrected chi connectivity index (χ0v) is 26.5. The van der Waals surface area contributed by atoms with Gasteiger partial charge in [0, 0.05) is 42.1 Å². The van der Waals surface area contributed by atoms with Crippen LogP contribution in [0.5, 0.6) is 0 Å². The maximum atomic E-state index is 13.9. The molecular formula is C34H42N6O5. The van der Waals surface area contributed by atoms with Crippen LogP contribution in [0.15, 0.2) is 54.9 Å². The molecule has 2 aromatic heterocycles. The fourth-order valence-electron chi connectivity index (χ4n) is 5.65. The smallest absolute Gasteiger partial charge is 0.325 e. The summed E-state index contributed by atoms with van der Waals surface area (Å²) in [6.45, 7) is 9.68. The van der Waals surface area contributed by atoms with Crippen LogP contribution in [0.2, 0.25) is 0 Å². The summed E-state index contributed by atoms with van der Waals surface area (Å²) in [5, 5.41) is 9.47. The van der Waals surface area contributed by atoms with Crippen molar-refractivity contribution in [3.05, 3.63) is 66.1 Å². The zero-order chi connectivity index (χ0) is 32.3. The number of aromatic nitrogens is 3. The van der Waals surface area contributed by atoms with Gasteiger partial charge in [-0.05, 0) is 63.3 Å². The van der Waals surface area contributed by atoms with Crippen LogP contribution >= 0.6 is 0 Å². The highest BCUT2D eigenvalue weighted by molar-refractivity contribution is 5.94. The number of nitrogens with one attached hydrogen (secondary N) is 2. The predicted molar refractivity (Wildman–Crippen MR) is 169 cm³/mol. The standard InChI is InChI=1S/C34H42N6O5/c1-21(2)25-19-30(41)34(4,5)14-13-23-9-10-24-11-12-26(36-28(24)18-23)22(3)45-33(44)27-8-6-17-40(38-27)32(43)29(37-31(25)42)20-39-16-7-15-35-39/h7,9-16,18,21-22,25,27,29,38H,6,8,17,19-20H2,1-5H3,(H,37,42)/b14-13+/t22-,25+,27+,29+/m1/s1. The van der Waals surface area contributed by atoms with Crippen LogP contribution < -0.4 is 10.7 Å². The molecule has 2 N–H and O–H groups in total. The molecule has 2 aliphatic heterocycles. The number of cyclic esters (lactones) is 1. The number of ether oxygens (including phenoxy) is 1. The Morgan fingerprint density at radius 3 is 2.62 bits per heavy atom. The number of fused-ring (bicyclic) bond motifs is 4. The Kier molecular flexibility index (Phi) is 9.48. The minimum atomic E-state index is -0.987. The van der Waals surface area contributed by atoms with Gasteiger partial charge in [-0.25, -0.2) is 10.4 Å². The SMILES string of the molecule is CC(C)[C@@H]1CC(=O)C(C)(C)/C=C/c2ccc3ccc(nc3c2)[C@@H](C)OC(=O)[C@@H]2CCCN(N2)C(=O)[C@H](Cn2cccn2)NC1=O. The third-order valence-electron chi connectivity index (χ3n) is 8.69. The van der Waals surface area contributed by atoms with Crippen LogP contribution in [0.1, 0.15) is 71.2 Å². The number of esters is 1. The Bertz CT molecular complexity index is 1600. The summed E-state index contributed by atoms with van der Waals surface area (Å²) in [4.78, 5) is 59.4. The number of benzene rings is 1. The van der Waals surface area contributed by atoms with Crippen molar-refractivity contribution in [1.82, 2.24) is 30.5 Å². The van der Waals surface area contributed by atoms with E-state index in [9.17, 15) is 19.2 Å². The lowest BCUT2D eigenvalue weighted by molar-refractivity contribution is -0.157. The molecule has 1 fully saturated rings. The molecule has 238 valence electrons. The fraction of sp³-hybridized carbons (Fsp3) is 0.471. The second-order valence-corrected chi connectivity index (χ2v) is 12.9. The van der Waals surface area contributed by atoms with Gasteiger partial charge in [-0.3, -0.25) is 28.9 Å². The molecule has 11 heteroatoms. The van der Waals surface area contributed by atoms with E-state index in [0.29, 0.717) is 25.1 Å². The highest BCUT2D eigenvalue weighted by atomic mass is 16.5. The molecular weight excluding hydrogens is 572 g/mol. The lowest BCUT2D eigenvalue weighted by Gasteiger charge is -2.35. The Labute approximate surface area is 263 Å². The number of Topliss-reactive ketones (excluding diaryl/α,β-unsaturated/α-hetero) is 1. The van der Waals surface area contributed by atoms with E-state index in [1.807, 2.05) is 70.2 Å². The van der Waals surface area contributed by atoms with Crippen LogP contribution in [-0.4, -0.2) is 62.0 Å². The number of amides is 2. The van der Waals surface area contributed by atoms with E-state index in [-0.39, 0.29) is 30.6 Å². The van der Waals surface area contributed by atoms with Gasteiger partial charge in [0.25, 0.3) is 5.91 Å². The molecule has 2 amide bonds. The fourth-order valence-corrected chi connectivity index (χ4v) is 5.65. The monoisotopic (exact) mass is 614 g/mol. The molecule has 45 heavy (non-hydrogen) atoms. The number of nitrogens with zero attached hydrogens (tertiary/aromatic N) is 4. The molecule has 11 nitrogen and oxygen atoms in total. The number of carbonyl (C=O) groups excluding carboxylic acids is 4. The third kappa shape index (κ3) is 7.47. The van der Waals surface area contributed by atoms with Gasteiger partial charge < -0.3 is 10.1 Å². The average molecular weight is 615 g/mol. The molecule has 1 aromatic carbocycles. The maximum Gasteiger partial charge on any atom is 0.325 e. The molecule has 2 aliphatic rings. The van der Waals surface area contributed by atoms with Crippen molar-refractivity contribution < 1.29 is 23.9 Å². The quantitative estimate of drug-likeness (QED) is 0.423. The van der Waals surface area contributed by atoms with Crippen molar-refractivity contribution in [3.8, 4) is 0 Å². The number of hydrazine groups is 1. The Morgan fingerprint density at radius 2 is 1.89 bits per heavy atom. The Balaban J connectivity index is 1.51. The first-order valence-electron chi connectivity index (χ1n) is 15.6. The Hall–Kier alpha value is -4.38. The van der Waals surface area contributed by atoms with E-state index in [1.54, 1.807) is 30.1 Å². The number of allylic oxidation sites excluding steroid dienone is 1. The van der Waals surface area contributed by atoms with E-state index in [0.717, 1.165) is 16.5 Å². The molecule has 5 bridgehead atoms. The van der Waals surface area contributed by atoms with Gasteiger partial charge >= 0.3 is 5.97 Å². The second-order valence-electron chi connectivity index (χ2n) is 12.9. The van der Waals surface area contributed by atoms with Crippen LogP contribution in [0.4, 0.5) is 0 Å². The van der Waals surface area contributed by atoms with Gasteiger partial charge in [-0.15, -0.1) is 0 Å². The minimum Gasteiger partial charge on any atom is -0.455 e. The first-order chi connectivity index (χ1) is 21.4. The van der Waals surface area contributed by atoms with Crippen LogP contribution in [0.3, 0.4) is 0 Å². The normalized spacial score (nSPS) is 25.7. The van der Waals surface area contributed by atoms with Crippen LogP contribution in [-0.2, 0) is 30.5 Å². The van der Waals surface area contributed by atoms with Crippen molar-refractivity contribution in [1.29, 1.82) is 0 Å². The predicted octanol–water partition coefficient (Wildman–Crippen LogP) is 4.00. The zero-order valence-electron chi connectivity index (χ0n) is 26.5. The van der Waals surface area contributed by atoms with Crippen LogP contribution in [0, 0.1) is 17.3 Å². The molecule has 5 rings (SSSR count). The summed E-state index contributed by atoms with van der Waals surface area (Å²) in [6, 6.07) is 9.63. The Morgan fingerprint density at radius 1 is 1.11 bits per heavy atom. The topological polar surface area (TPSA) is 136 Å². The molecule has 1 saturated heterocycles. The molecule has 4 atom stereocenters. The van der Waals surface area contributed by atoms with Crippen molar-refractivity contribution in [2.45, 2.75) is 78.6 Å². The van der Waals surface area contributed by atoms with Crippen molar-refractivity contribution in [2.75, 3.05) is 6.54 Å². The maximum absolute atomic E-state index is 13.9. The highest BCUT2D eigenvalue weighted by Gasteiger charge is 2.37. The summed E-state index contributed by atoms with van der Waals surface area (Å²) >= 11 is 0. The molecule has 0 unspecified atom stereocenters. The van der Waals surface area contributed by atoms with E-state index in [1.165, 1.54) is 5.01 Å². The average Bonchev–Trinajstić information content (AvgIpc) is 3.54. The number of rotatable bonds is 3. The number of ketones is 1. The van der Waals surface area contributed by atoms with E-state index >= 15 is 0 Å². The van der Waals surface area contributed by atoms with E-state index < -0.39 is 41.4 Å². The number of hydrogen-bond acceptors (Lipinski definition) is 8.